The Morgan fingerprint density at radius 1 is 1.45 bits per heavy atom. The van der Waals surface area contributed by atoms with Gasteiger partial charge in [0.2, 0.25) is 0 Å². The minimum atomic E-state index is -4.45. The average Bonchev–Trinajstić information content (AvgIpc) is 2.34. The van der Waals surface area contributed by atoms with Crippen molar-refractivity contribution in [2.24, 2.45) is 0 Å². The predicted octanol–water partition coefficient (Wildman–Crippen LogP) is 3.04. The lowest BCUT2D eigenvalue weighted by Crippen LogP contribution is -2.34. The van der Waals surface area contributed by atoms with Crippen LogP contribution in [0.4, 0.5) is 24.5 Å². The molecule has 0 amide bonds. The summed E-state index contributed by atoms with van der Waals surface area (Å²) in [5.74, 6) is 0. The molecule has 0 bridgehead atoms. The highest BCUT2D eigenvalue weighted by atomic mass is 19.4. The third kappa shape index (κ3) is 4.09. The Bertz CT molecular complexity index is 489. The molecule has 8 heteroatoms. The number of aliphatic hydroxyl groups excluding tert-OH is 1. The lowest BCUT2D eigenvalue weighted by molar-refractivity contribution is -0.384. The molecule has 0 radical (unpaired) electrons. The van der Waals surface area contributed by atoms with Crippen LogP contribution in [-0.4, -0.2) is 29.3 Å². The number of aliphatic hydroxyl groups is 1. The van der Waals surface area contributed by atoms with E-state index in [4.69, 9.17) is 0 Å². The maximum Gasteiger partial charge on any atom is 0.405 e. The molecule has 0 saturated carbocycles. The minimum Gasteiger partial charge on any atom is -0.389 e. The molecule has 0 aliphatic rings. The summed E-state index contributed by atoms with van der Waals surface area (Å²) in [4.78, 5) is 11.1. The molecule has 0 fully saturated rings. The van der Waals surface area contributed by atoms with Crippen molar-refractivity contribution in [2.45, 2.75) is 26.1 Å². The second kappa shape index (κ2) is 6.08. The molecule has 1 aromatic rings. The van der Waals surface area contributed by atoms with Crippen LogP contribution in [0.2, 0.25) is 0 Å². The maximum absolute atomic E-state index is 12.5. The molecule has 1 atom stereocenters. The van der Waals surface area contributed by atoms with Crippen LogP contribution >= 0.6 is 0 Å². The molecule has 0 aromatic heterocycles. The summed E-state index contributed by atoms with van der Waals surface area (Å²) in [6.45, 7) is 1.62. The summed E-state index contributed by atoms with van der Waals surface area (Å²) in [6.07, 6.45) is -5.38. The number of hydrogen-bond acceptors (Lipinski definition) is 4. The number of nitrogens with zero attached hydrogens (tertiary/aromatic N) is 2. The molecular formula is C12H15F3N2O3. The van der Waals surface area contributed by atoms with Crippen LogP contribution in [0.3, 0.4) is 0 Å². The van der Waals surface area contributed by atoms with Gasteiger partial charge >= 0.3 is 6.18 Å². The average molecular weight is 292 g/mol. The van der Waals surface area contributed by atoms with Gasteiger partial charge in [-0.3, -0.25) is 10.1 Å². The van der Waals surface area contributed by atoms with E-state index in [1.165, 1.54) is 26.0 Å². The fourth-order valence-corrected chi connectivity index (χ4v) is 1.80. The van der Waals surface area contributed by atoms with E-state index < -0.39 is 29.4 Å². The van der Waals surface area contributed by atoms with E-state index in [1.54, 1.807) is 0 Å². The van der Waals surface area contributed by atoms with Crippen LogP contribution in [0.15, 0.2) is 18.2 Å². The SMILES string of the molecule is CCN(CC(F)(F)F)c1ccc(C(C)O)cc1[N+](=O)[O-]. The summed E-state index contributed by atoms with van der Waals surface area (Å²) >= 11 is 0. The van der Waals surface area contributed by atoms with Crippen molar-refractivity contribution in [3.05, 3.63) is 33.9 Å². The largest absolute Gasteiger partial charge is 0.405 e. The topological polar surface area (TPSA) is 66.6 Å². The number of nitro groups is 1. The van der Waals surface area contributed by atoms with Gasteiger partial charge in [-0.15, -0.1) is 0 Å². The van der Waals surface area contributed by atoms with Crippen LogP contribution in [0.1, 0.15) is 25.5 Å². The Morgan fingerprint density at radius 3 is 2.45 bits per heavy atom. The van der Waals surface area contributed by atoms with Crippen LogP contribution in [0.25, 0.3) is 0 Å². The van der Waals surface area contributed by atoms with Crippen LogP contribution < -0.4 is 4.90 Å². The summed E-state index contributed by atoms with van der Waals surface area (Å²) in [6, 6.07) is 3.71. The standard InChI is InChI=1S/C12H15F3N2O3/c1-3-16(7-12(13,14)15)10-5-4-9(8(2)18)6-11(10)17(19)20/h4-6,8,18H,3,7H2,1-2H3. The Labute approximate surface area is 113 Å². The number of anilines is 1. The third-order valence-corrected chi connectivity index (χ3v) is 2.77. The quantitative estimate of drug-likeness (QED) is 0.669. The lowest BCUT2D eigenvalue weighted by atomic mass is 10.1. The summed E-state index contributed by atoms with van der Waals surface area (Å²) in [5.41, 5.74) is -0.280. The Kier molecular flexibility index (Phi) is 4.93. The molecule has 1 unspecified atom stereocenters. The molecule has 5 nitrogen and oxygen atoms in total. The van der Waals surface area contributed by atoms with Crippen molar-refractivity contribution >= 4 is 11.4 Å². The summed E-state index contributed by atoms with van der Waals surface area (Å²) < 4.78 is 37.4. The monoisotopic (exact) mass is 292 g/mol. The van der Waals surface area contributed by atoms with Gasteiger partial charge in [0.25, 0.3) is 5.69 Å². The second-order valence-corrected chi connectivity index (χ2v) is 4.31. The van der Waals surface area contributed by atoms with Gasteiger partial charge in [0.1, 0.15) is 12.2 Å². The molecule has 0 spiro atoms. The molecule has 0 saturated heterocycles. The summed E-state index contributed by atoms with van der Waals surface area (Å²) in [7, 11) is 0. The van der Waals surface area contributed by atoms with Crippen molar-refractivity contribution in [3.63, 3.8) is 0 Å². The smallest absolute Gasteiger partial charge is 0.389 e. The number of hydrogen-bond donors (Lipinski definition) is 1. The fraction of sp³-hybridized carbons (Fsp3) is 0.500. The van der Waals surface area contributed by atoms with Crippen LogP contribution in [0.5, 0.6) is 0 Å². The fourth-order valence-electron chi connectivity index (χ4n) is 1.80. The zero-order valence-electron chi connectivity index (χ0n) is 11.0. The van der Waals surface area contributed by atoms with Crippen LogP contribution in [-0.2, 0) is 0 Å². The third-order valence-electron chi connectivity index (χ3n) is 2.77. The predicted molar refractivity (Wildman–Crippen MR) is 67.7 cm³/mol. The highest BCUT2D eigenvalue weighted by Crippen LogP contribution is 2.32. The van der Waals surface area contributed by atoms with E-state index in [0.717, 1.165) is 11.0 Å². The lowest BCUT2D eigenvalue weighted by Gasteiger charge is -2.24. The van der Waals surface area contributed by atoms with E-state index in [2.05, 4.69) is 0 Å². The molecule has 0 aliphatic heterocycles. The first-order valence-electron chi connectivity index (χ1n) is 5.93. The van der Waals surface area contributed by atoms with Crippen molar-refractivity contribution in [2.75, 3.05) is 18.0 Å². The molecule has 0 heterocycles. The van der Waals surface area contributed by atoms with Crippen molar-refractivity contribution < 1.29 is 23.2 Å². The zero-order chi connectivity index (χ0) is 15.5. The Hall–Kier alpha value is -1.83. The number of alkyl halides is 3. The molecule has 20 heavy (non-hydrogen) atoms. The van der Waals surface area contributed by atoms with Gasteiger partial charge in [-0.1, -0.05) is 6.07 Å². The highest BCUT2D eigenvalue weighted by Gasteiger charge is 2.32. The zero-order valence-corrected chi connectivity index (χ0v) is 11.0. The Morgan fingerprint density at radius 2 is 2.05 bits per heavy atom. The number of nitro benzene ring substituents is 1. The van der Waals surface area contributed by atoms with Gasteiger partial charge in [0.05, 0.1) is 11.0 Å². The molecule has 1 aromatic carbocycles. The molecule has 1 N–H and O–H groups in total. The van der Waals surface area contributed by atoms with Crippen molar-refractivity contribution in [1.82, 2.24) is 0 Å². The number of halogens is 3. The van der Waals surface area contributed by atoms with Gasteiger partial charge in [-0.2, -0.15) is 13.2 Å². The van der Waals surface area contributed by atoms with Gasteiger partial charge in [-0.25, -0.2) is 0 Å². The van der Waals surface area contributed by atoms with E-state index >= 15 is 0 Å². The Balaban J connectivity index is 3.24. The first-order chi connectivity index (χ1) is 9.15. The van der Waals surface area contributed by atoms with E-state index in [1.807, 2.05) is 0 Å². The maximum atomic E-state index is 12.5. The number of benzene rings is 1. The normalized spacial score (nSPS) is 13.1. The van der Waals surface area contributed by atoms with Gasteiger partial charge in [-0.05, 0) is 25.5 Å². The van der Waals surface area contributed by atoms with Gasteiger partial charge < -0.3 is 10.0 Å². The highest BCUT2D eigenvalue weighted by molar-refractivity contribution is 5.64. The molecule has 112 valence electrons. The van der Waals surface area contributed by atoms with Gasteiger partial charge in [0, 0.05) is 12.6 Å². The van der Waals surface area contributed by atoms with E-state index in [-0.39, 0.29) is 17.8 Å². The van der Waals surface area contributed by atoms with Crippen molar-refractivity contribution in [3.8, 4) is 0 Å². The minimum absolute atomic E-state index is 0.0195. The molecular weight excluding hydrogens is 277 g/mol. The first-order valence-corrected chi connectivity index (χ1v) is 5.93. The van der Waals surface area contributed by atoms with E-state index in [0.29, 0.717) is 0 Å². The first kappa shape index (κ1) is 16.2. The van der Waals surface area contributed by atoms with Crippen LogP contribution in [0, 0.1) is 10.1 Å². The molecule has 0 aliphatic carbocycles. The second-order valence-electron chi connectivity index (χ2n) is 4.31. The van der Waals surface area contributed by atoms with Gasteiger partial charge in [0.15, 0.2) is 0 Å². The molecule has 1 rings (SSSR count). The summed E-state index contributed by atoms with van der Waals surface area (Å²) in [5, 5.41) is 20.4. The van der Waals surface area contributed by atoms with E-state index in [9.17, 15) is 28.4 Å². The number of rotatable bonds is 5. The van der Waals surface area contributed by atoms with Crippen molar-refractivity contribution in [1.29, 1.82) is 0 Å².